The number of amides is 1. The molecular formula is C20H15IN4O. The van der Waals surface area contributed by atoms with Crippen molar-refractivity contribution in [3.05, 3.63) is 75.6 Å². The molecule has 0 saturated carbocycles. The van der Waals surface area contributed by atoms with Crippen molar-refractivity contribution in [3.63, 3.8) is 0 Å². The van der Waals surface area contributed by atoms with Crippen molar-refractivity contribution in [1.29, 1.82) is 5.26 Å². The highest BCUT2D eigenvalue weighted by Gasteiger charge is 2.11. The van der Waals surface area contributed by atoms with Crippen LogP contribution in [0.1, 0.15) is 5.56 Å². The van der Waals surface area contributed by atoms with E-state index < -0.39 is 5.91 Å². The summed E-state index contributed by atoms with van der Waals surface area (Å²) in [5.41, 5.74) is 3.11. The number of fused-ring (bicyclic) bond motifs is 1. The van der Waals surface area contributed by atoms with Gasteiger partial charge in [-0.05, 0) is 65.4 Å². The lowest BCUT2D eigenvalue weighted by Crippen LogP contribution is -2.15. The van der Waals surface area contributed by atoms with Crippen molar-refractivity contribution in [2.45, 2.75) is 6.92 Å². The molecule has 3 rings (SSSR count). The van der Waals surface area contributed by atoms with Crippen molar-refractivity contribution in [3.8, 4) is 6.07 Å². The summed E-state index contributed by atoms with van der Waals surface area (Å²) in [7, 11) is 0. The largest absolute Gasteiger partial charge is 0.358 e. The molecule has 0 radical (unpaired) electrons. The molecule has 0 bridgehead atoms. The second-order valence-corrected chi connectivity index (χ2v) is 6.85. The van der Waals surface area contributed by atoms with E-state index in [2.05, 4.69) is 38.2 Å². The van der Waals surface area contributed by atoms with Gasteiger partial charge in [0.1, 0.15) is 11.6 Å². The Kier molecular flexibility index (Phi) is 5.49. The van der Waals surface area contributed by atoms with E-state index >= 15 is 0 Å². The maximum atomic E-state index is 12.4. The molecule has 2 aromatic carbocycles. The first-order valence-electron chi connectivity index (χ1n) is 7.86. The van der Waals surface area contributed by atoms with Crippen LogP contribution in [0.3, 0.4) is 0 Å². The molecule has 5 nitrogen and oxygen atoms in total. The number of nitrogens with zero attached hydrogens (tertiary/aromatic N) is 2. The summed E-state index contributed by atoms with van der Waals surface area (Å²) in [5.74, 6) is -0.461. The summed E-state index contributed by atoms with van der Waals surface area (Å²) in [4.78, 5) is 16.7. The van der Waals surface area contributed by atoms with E-state index in [9.17, 15) is 10.1 Å². The highest BCUT2D eigenvalue weighted by molar-refractivity contribution is 14.1. The summed E-state index contributed by atoms with van der Waals surface area (Å²) < 4.78 is 1.08. The average molecular weight is 454 g/mol. The fourth-order valence-corrected chi connectivity index (χ4v) is 3.12. The summed E-state index contributed by atoms with van der Waals surface area (Å²) in [5, 5.41) is 16.1. The number of anilines is 2. The number of nitrogens with one attached hydrogen (secondary N) is 2. The molecule has 3 aromatic rings. The zero-order chi connectivity index (χ0) is 18.5. The summed E-state index contributed by atoms with van der Waals surface area (Å²) in [6.45, 7) is 1.91. The summed E-state index contributed by atoms with van der Waals surface area (Å²) in [6, 6.07) is 17.1. The third kappa shape index (κ3) is 4.00. The molecule has 0 atom stereocenters. The number of halogens is 1. The first kappa shape index (κ1) is 17.9. The standard InChI is InChI=1S/C20H15IN4O/c1-13-10-16(21)7-8-17(13)25-20(26)15(11-22)12-24-18-6-2-4-14-5-3-9-23-19(14)18/h2-10,12,24H,1H3,(H,25,26)/b15-12-. The van der Waals surface area contributed by atoms with Crippen LogP contribution in [0.15, 0.2) is 66.5 Å². The van der Waals surface area contributed by atoms with E-state index in [1.807, 2.05) is 61.5 Å². The van der Waals surface area contributed by atoms with E-state index in [4.69, 9.17) is 0 Å². The lowest BCUT2D eigenvalue weighted by molar-refractivity contribution is -0.112. The molecule has 1 aromatic heterocycles. The summed E-state index contributed by atoms with van der Waals surface area (Å²) in [6.07, 6.45) is 3.11. The molecule has 0 aliphatic carbocycles. The van der Waals surface area contributed by atoms with Gasteiger partial charge >= 0.3 is 0 Å². The van der Waals surface area contributed by atoms with E-state index in [1.54, 1.807) is 6.20 Å². The molecule has 0 aliphatic rings. The number of aromatic nitrogens is 1. The second-order valence-electron chi connectivity index (χ2n) is 5.61. The number of nitriles is 1. The molecule has 128 valence electrons. The molecule has 1 amide bonds. The summed E-state index contributed by atoms with van der Waals surface area (Å²) >= 11 is 2.21. The lowest BCUT2D eigenvalue weighted by Gasteiger charge is -2.09. The van der Waals surface area contributed by atoms with Gasteiger partial charge < -0.3 is 10.6 Å². The third-order valence-corrected chi connectivity index (χ3v) is 4.48. The maximum absolute atomic E-state index is 12.4. The Morgan fingerprint density at radius 2 is 2.00 bits per heavy atom. The van der Waals surface area contributed by atoms with Crippen LogP contribution < -0.4 is 10.6 Å². The quantitative estimate of drug-likeness (QED) is 0.343. The number of pyridine rings is 1. The van der Waals surface area contributed by atoms with Gasteiger partial charge in [0, 0.05) is 27.0 Å². The van der Waals surface area contributed by atoms with Crippen LogP contribution in [-0.4, -0.2) is 10.9 Å². The van der Waals surface area contributed by atoms with Crippen molar-refractivity contribution in [2.75, 3.05) is 10.6 Å². The highest BCUT2D eigenvalue weighted by atomic mass is 127. The third-order valence-electron chi connectivity index (χ3n) is 3.81. The van der Waals surface area contributed by atoms with Gasteiger partial charge in [0.2, 0.25) is 0 Å². The predicted molar refractivity (Wildman–Crippen MR) is 112 cm³/mol. The Morgan fingerprint density at radius 3 is 2.77 bits per heavy atom. The van der Waals surface area contributed by atoms with Crippen molar-refractivity contribution in [1.82, 2.24) is 4.98 Å². The molecule has 26 heavy (non-hydrogen) atoms. The van der Waals surface area contributed by atoms with E-state index in [0.717, 1.165) is 25.7 Å². The maximum Gasteiger partial charge on any atom is 0.267 e. The Labute approximate surface area is 164 Å². The topological polar surface area (TPSA) is 77.8 Å². The van der Waals surface area contributed by atoms with Gasteiger partial charge in [-0.1, -0.05) is 18.2 Å². The van der Waals surface area contributed by atoms with Gasteiger partial charge in [-0.15, -0.1) is 0 Å². The molecular weight excluding hydrogens is 439 g/mol. The van der Waals surface area contributed by atoms with Crippen LogP contribution in [0.2, 0.25) is 0 Å². The van der Waals surface area contributed by atoms with Crippen LogP contribution in [-0.2, 0) is 4.79 Å². The van der Waals surface area contributed by atoms with Crippen molar-refractivity contribution in [2.24, 2.45) is 0 Å². The molecule has 0 unspecified atom stereocenters. The first-order valence-corrected chi connectivity index (χ1v) is 8.94. The minimum atomic E-state index is -0.461. The molecule has 2 N–H and O–H groups in total. The molecule has 6 heteroatoms. The minimum Gasteiger partial charge on any atom is -0.358 e. The van der Waals surface area contributed by atoms with E-state index in [0.29, 0.717) is 5.69 Å². The number of benzene rings is 2. The molecule has 0 spiro atoms. The number of aryl methyl sites for hydroxylation is 1. The minimum absolute atomic E-state index is 0.0177. The fourth-order valence-electron chi connectivity index (χ4n) is 2.48. The fraction of sp³-hybridized carbons (Fsp3) is 0.0500. The molecule has 0 fully saturated rings. The van der Waals surface area contributed by atoms with Gasteiger partial charge in [0.15, 0.2) is 0 Å². The number of hydrogen-bond acceptors (Lipinski definition) is 4. The SMILES string of the molecule is Cc1cc(I)ccc1NC(=O)/C(C#N)=C\Nc1cccc2cccnc12. The lowest BCUT2D eigenvalue weighted by atomic mass is 10.2. The van der Waals surface area contributed by atoms with Gasteiger partial charge in [-0.2, -0.15) is 5.26 Å². The Morgan fingerprint density at radius 1 is 1.19 bits per heavy atom. The predicted octanol–water partition coefficient (Wildman–Crippen LogP) is 4.61. The van der Waals surface area contributed by atoms with Gasteiger partial charge in [-0.25, -0.2) is 0 Å². The Hall–Kier alpha value is -2.92. The van der Waals surface area contributed by atoms with Gasteiger partial charge in [-0.3, -0.25) is 9.78 Å². The van der Waals surface area contributed by atoms with Crippen LogP contribution in [0.5, 0.6) is 0 Å². The second kappa shape index (κ2) is 7.97. The van der Waals surface area contributed by atoms with E-state index in [-0.39, 0.29) is 5.57 Å². The zero-order valence-electron chi connectivity index (χ0n) is 14.0. The number of hydrogen-bond donors (Lipinski definition) is 2. The Balaban J connectivity index is 1.81. The van der Waals surface area contributed by atoms with Crippen LogP contribution in [0.4, 0.5) is 11.4 Å². The normalized spacial score (nSPS) is 11.0. The average Bonchev–Trinajstić information content (AvgIpc) is 2.64. The zero-order valence-corrected chi connectivity index (χ0v) is 16.1. The number of para-hydroxylation sites is 1. The van der Waals surface area contributed by atoms with Crippen LogP contribution in [0, 0.1) is 21.8 Å². The van der Waals surface area contributed by atoms with Crippen molar-refractivity contribution >= 4 is 50.8 Å². The van der Waals surface area contributed by atoms with E-state index in [1.165, 1.54) is 6.20 Å². The number of rotatable bonds is 4. The monoisotopic (exact) mass is 454 g/mol. The molecule has 0 saturated heterocycles. The van der Waals surface area contributed by atoms with Gasteiger partial charge in [0.25, 0.3) is 5.91 Å². The Bertz CT molecular complexity index is 1050. The van der Waals surface area contributed by atoms with Crippen LogP contribution in [0.25, 0.3) is 10.9 Å². The van der Waals surface area contributed by atoms with Crippen molar-refractivity contribution < 1.29 is 4.79 Å². The van der Waals surface area contributed by atoms with Crippen LogP contribution >= 0.6 is 22.6 Å². The smallest absolute Gasteiger partial charge is 0.267 e. The first-order chi connectivity index (χ1) is 12.6. The highest BCUT2D eigenvalue weighted by Crippen LogP contribution is 2.21. The molecule has 0 aliphatic heterocycles. The number of carbonyl (C=O) groups excluding carboxylic acids is 1. The number of carbonyl (C=O) groups is 1. The van der Waals surface area contributed by atoms with Gasteiger partial charge in [0.05, 0.1) is 11.2 Å². The molecule has 1 heterocycles.